The van der Waals surface area contributed by atoms with E-state index in [9.17, 15) is 45.3 Å². The minimum Gasteiger partial charge on any atom is -0.462 e. The smallest absolute Gasteiger partial charge is 0.302 e. The molecule has 4 aliphatic carbocycles. The molecule has 0 aromatic carbocycles. The predicted molar refractivity (Wildman–Crippen MR) is 192 cm³/mol. The van der Waals surface area contributed by atoms with Gasteiger partial charge in [-0.3, -0.25) is 9.59 Å². The van der Waals surface area contributed by atoms with Crippen LogP contribution in [0.5, 0.6) is 0 Å². The molecule has 1 heterocycles. The maximum atomic E-state index is 12.6. The molecule has 0 bridgehead atoms. The van der Waals surface area contributed by atoms with Crippen LogP contribution in [0, 0.1) is 39.9 Å². The zero-order chi connectivity index (χ0) is 39.5. The Balaban J connectivity index is 1.34. The molecule has 0 radical (unpaired) electrons. The van der Waals surface area contributed by atoms with Crippen LogP contribution in [0.15, 0.2) is 23.8 Å². The van der Waals surface area contributed by atoms with Crippen molar-refractivity contribution in [2.75, 3.05) is 13.2 Å². The van der Waals surface area contributed by atoms with Gasteiger partial charge in [-0.25, -0.2) is 0 Å². The largest absolute Gasteiger partial charge is 0.462 e. The molecule has 5 aliphatic rings. The second-order valence-corrected chi connectivity index (χ2v) is 18.1. The van der Waals surface area contributed by atoms with Crippen LogP contribution in [-0.2, 0) is 28.5 Å². The summed E-state index contributed by atoms with van der Waals surface area (Å²) >= 11 is 0. The van der Waals surface area contributed by atoms with Crippen molar-refractivity contribution in [2.45, 2.75) is 161 Å². The van der Waals surface area contributed by atoms with Gasteiger partial charge in [0.2, 0.25) is 0 Å². The average molecular weight is 753 g/mol. The standard InChI is InChI=1S/C40H64O13/c1-21(19-50-35-33(47)32(46)31(45)27(18-41)53-35)10-9-11-22(2)30-25(44)17-38(8)28-16-26(51-23(3)42)34-36(5,6)29(52-24(4)43)12-13-40(34,49)20-39(28,48)15-14-37(30,38)7/h10,14-15,22,25-35,41,44-49H,9,11-13,16-20H2,1-8H3/b21-10+/t22-,25+,26+,27-,28+,29+,30+,31-,32+,33-,34+,35-,37-,38+,39+,40-/m1/s1. The normalized spacial score (nSPS) is 47.1. The number of ether oxygens (including phenoxy) is 4. The van der Waals surface area contributed by atoms with E-state index in [0.29, 0.717) is 19.3 Å². The van der Waals surface area contributed by atoms with Gasteiger partial charge in [0.15, 0.2) is 6.29 Å². The molecule has 0 spiro atoms. The number of hydrogen-bond acceptors (Lipinski definition) is 13. The summed E-state index contributed by atoms with van der Waals surface area (Å²) in [5.74, 6) is -2.13. The number of fused-ring (bicyclic) bond motifs is 4. The lowest BCUT2D eigenvalue weighted by Gasteiger charge is -2.57. The predicted octanol–water partition coefficient (Wildman–Crippen LogP) is 2.30. The molecule has 53 heavy (non-hydrogen) atoms. The summed E-state index contributed by atoms with van der Waals surface area (Å²) in [5, 5.41) is 76.8. The van der Waals surface area contributed by atoms with Gasteiger partial charge in [0.25, 0.3) is 0 Å². The van der Waals surface area contributed by atoms with E-state index in [-0.39, 0.29) is 37.7 Å². The second-order valence-electron chi connectivity index (χ2n) is 18.1. The zero-order valence-corrected chi connectivity index (χ0v) is 32.6. The molecule has 13 nitrogen and oxygen atoms in total. The molecule has 5 rings (SSSR count). The van der Waals surface area contributed by atoms with Crippen LogP contribution < -0.4 is 0 Å². The van der Waals surface area contributed by atoms with E-state index in [4.69, 9.17) is 18.9 Å². The molecular formula is C40H64O13. The minimum absolute atomic E-state index is 0.0249. The highest BCUT2D eigenvalue weighted by Crippen LogP contribution is 2.70. The van der Waals surface area contributed by atoms with E-state index in [1.807, 2.05) is 32.9 Å². The maximum absolute atomic E-state index is 12.6. The van der Waals surface area contributed by atoms with Gasteiger partial charge < -0.3 is 54.7 Å². The minimum atomic E-state index is -1.52. The molecule has 1 saturated heterocycles. The van der Waals surface area contributed by atoms with Crippen molar-refractivity contribution in [1.29, 1.82) is 0 Å². The Labute approximate surface area is 313 Å². The van der Waals surface area contributed by atoms with Crippen LogP contribution >= 0.6 is 0 Å². The first-order chi connectivity index (χ1) is 24.5. The topological polar surface area (TPSA) is 213 Å². The van der Waals surface area contributed by atoms with E-state index in [1.165, 1.54) is 13.8 Å². The Morgan fingerprint density at radius 3 is 2.25 bits per heavy atom. The van der Waals surface area contributed by atoms with Crippen molar-refractivity contribution in [3.63, 3.8) is 0 Å². The summed E-state index contributed by atoms with van der Waals surface area (Å²) in [5.41, 5.74) is -3.98. The first-order valence-electron chi connectivity index (χ1n) is 19.3. The number of carbonyl (C=O) groups is 2. The Morgan fingerprint density at radius 2 is 1.62 bits per heavy atom. The molecule has 16 atom stereocenters. The Morgan fingerprint density at radius 1 is 0.962 bits per heavy atom. The summed E-state index contributed by atoms with van der Waals surface area (Å²) < 4.78 is 23.0. The number of rotatable bonds is 10. The molecule has 1 aliphatic heterocycles. The van der Waals surface area contributed by atoms with Gasteiger partial charge in [0.1, 0.15) is 36.6 Å². The molecule has 302 valence electrons. The van der Waals surface area contributed by atoms with E-state index in [0.717, 1.165) is 12.0 Å². The molecule has 7 N–H and O–H groups in total. The Hall–Kier alpha value is -1.94. The number of carbonyl (C=O) groups excluding carboxylic acids is 2. The molecule has 0 amide bonds. The molecule has 3 saturated carbocycles. The lowest BCUT2D eigenvalue weighted by atomic mass is 9.49. The quantitative estimate of drug-likeness (QED) is 0.126. The van der Waals surface area contributed by atoms with Crippen molar-refractivity contribution in [3.8, 4) is 0 Å². The van der Waals surface area contributed by atoms with Crippen LogP contribution in [0.2, 0.25) is 0 Å². The lowest BCUT2D eigenvalue weighted by Crippen LogP contribution is -2.61. The molecule has 13 heteroatoms. The fourth-order valence-corrected chi connectivity index (χ4v) is 11.7. The fraction of sp³-hybridized carbons (Fsp3) is 0.850. The van der Waals surface area contributed by atoms with Crippen LogP contribution in [0.1, 0.15) is 100 Å². The van der Waals surface area contributed by atoms with Gasteiger partial charge in [-0.2, -0.15) is 0 Å². The molecule has 4 fully saturated rings. The van der Waals surface area contributed by atoms with Gasteiger partial charge in [0.05, 0.1) is 30.5 Å². The molecule has 0 aromatic rings. The Kier molecular flexibility index (Phi) is 12.1. The summed E-state index contributed by atoms with van der Waals surface area (Å²) in [4.78, 5) is 24.7. The van der Waals surface area contributed by atoms with Gasteiger partial charge in [-0.1, -0.05) is 58.4 Å². The first-order valence-corrected chi connectivity index (χ1v) is 19.3. The number of aliphatic hydroxyl groups excluding tert-OH is 5. The highest BCUT2D eigenvalue weighted by atomic mass is 16.7. The van der Waals surface area contributed by atoms with E-state index < -0.39 is 107 Å². The SMILES string of the molecule is CC(=O)O[C@H]1C[C@H]2[C@]3(C)C[C@H](O)[C@H]([C@H](C)CC/C=C(\C)CO[C@@H]4O[C@H](CO)[C@@H](O)[C@H](O)[C@H]4O)[C@@]3(C)C=C[C@]2(O)C[C@]2(O)CC[C@H](OC(C)=O)C(C)(C)[C@H]12. The van der Waals surface area contributed by atoms with Crippen LogP contribution in [0.4, 0.5) is 0 Å². The number of hydrogen-bond donors (Lipinski definition) is 7. The van der Waals surface area contributed by atoms with Crippen molar-refractivity contribution in [1.82, 2.24) is 0 Å². The second kappa shape index (κ2) is 15.2. The third-order valence-corrected chi connectivity index (χ3v) is 14.2. The Bertz CT molecular complexity index is 1410. The van der Waals surface area contributed by atoms with Gasteiger partial charge in [-0.15, -0.1) is 0 Å². The van der Waals surface area contributed by atoms with Crippen LogP contribution in [0.3, 0.4) is 0 Å². The summed E-state index contributed by atoms with van der Waals surface area (Å²) in [6, 6.07) is 0. The molecule has 0 aromatic heterocycles. The van der Waals surface area contributed by atoms with Crippen molar-refractivity contribution < 1.29 is 64.3 Å². The first kappa shape index (κ1) is 42.2. The molecule has 0 unspecified atom stereocenters. The monoisotopic (exact) mass is 752 g/mol. The number of esters is 2. The maximum Gasteiger partial charge on any atom is 0.302 e. The number of aliphatic hydroxyl groups is 7. The fourth-order valence-electron chi connectivity index (χ4n) is 11.7. The third-order valence-electron chi connectivity index (χ3n) is 14.2. The summed E-state index contributed by atoms with van der Waals surface area (Å²) in [6.45, 7) is 14.4. The van der Waals surface area contributed by atoms with Crippen molar-refractivity contribution >= 4 is 11.9 Å². The van der Waals surface area contributed by atoms with E-state index in [1.54, 1.807) is 0 Å². The zero-order valence-electron chi connectivity index (χ0n) is 32.6. The van der Waals surface area contributed by atoms with E-state index in [2.05, 4.69) is 26.8 Å². The van der Waals surface area contributed by atoms with Crippen LogP contribution in [-0.4, -0.2) is 121 Å². The van der Waals surface area contributed by atoms with Gasteiger partial charge in [-0.05, 0) is 68.1 Å². The lowest BCUT2D eigenvalue weighted by molar-refractivity contribution is -0.299. The van der Waals surface area contributed by atoms with Crippen molar-refractivity contribution in [3.05, 3.63) is 23.8 Å². The third kappa shape index (κ3) is 7.51. The van der Waals surface area contributed by atoms with Crippen molar-refractivity contribution in [2.24, 2.45) is 39.9 Å². The van der Waals surface area contributed by atoms with E-state index >= 15 is 0 Å². The number of allylic oxidation sites excluding steroid dienone is 2. The summed E-state index contributed by atoms with van der Waals surface area (Å²) in [6.07, 6.45) is -0.0353. The average Bonchev–Trinajstić information content (AvgIpc) is 3.19. The van der Waals surface area contributed by atoms with Crippen LogP contribution in [0.25, 0.3) is 0 Å². The van der Waals surface area contributed by atoms with Gasteiger partial charge >= 0.3 is 11.9 Å². The molecular weight excluding hydrogens is 688 g/mol. The summed E-state index contributed by atoms with van der Waals surface area (Å²) in [7, 11) is 0. The van der Waals surface area contributed by atoms with Gasteiger partial charge in [0, 0.05) is 37.5 Å². The highest BCUT2D eigenvalue weighted by Gasteiger charge is 2.71. The highest BCUT2D eigenvalue weighted by molar-refractivity contribution is 5.66.